The van der Waals surface area contributed by atoms with Crippen LogP contribution in [0.15, 0.2) is 84.9 Å². The predicted molar refractivity (Wildman–Crippen MR) is 130 cm³/mol. The zero-order chi connectivity index (χ0) is 25.5. The molecular weight excluding hydrogens is 460 g/mol. The lowest BCUT2D eigenvalue weighted by Gasteiger charge is -2.19. The van der Waals surface area contributed by atoms with Gasteiger partial charge in [-0.05, 0) is 36.2 Å². The van der Waals surface area contributed by atoms with Gasteiger partial charge in [0.15, 0.2) is 12.4 Å². The summed E-state index contributed by atoms with van der Waals surface area (Å²) in [7, 11) is 0. The molecule has 0 unspecified atom stereocenters. The lowest BCUT2D eigenvalue weighted by molar-refractivity contribution is -0.129. The van der Waals surface area contributed by atoms with Gasteiger partial charge in [-0.25, -0.2) is 4.79 Å². The number of amides is 3. The van der Waals surface area contributed by atoms with Crippen LogP contribution >= 0.6 is 0 Å². The molecule has 1 aliphatic heterocycles. The van der Waals surface area contributed by atoms with Crippen molar-refractivity contribution in [2.24, 2.45) is 0 Å². The molecule has 0 aromatic heterocycles. The van der Waals surface area contributed by atoms with Gasteiger partial charge in [-0.2, -0.15) is 0 Å². The monoisotopic (exact) mass is 484 g/mol. The Morgan fingerprint density at radius 1 is 0.778 bits per heavy atom. The van der Waals surface area contributed by atoms with Crippen LogP contribution in [0.25, 0.3) is 0 Å². The number of ketones is 1. The van der Waals surface area contributed by atoms with Crippen molar-refractivity contribution in [2.45, 2.75) is 18.9 Å². The van der Waals surface area contributed by atoms with Crippen molar-refractivity contribution < 1.29 is 28.7 Å². The third-order valence-electron chi connectivity index (χ3n) is 5.80. The van der Waals surface area contributed by atoms with Crippen molar-refractivity contribution >= 4 is 29.5 Å². The van der Waals surface area contributed by atoms with Gasteiger partial charge in [-0.1, -0.05) is 60.7 Å². The third kappa shape index (κ3) is 5.72. The van der Waals surface area contributed by atoms with Gasteiger partial charge in [0.05, 0.1) is 22.7 Å². The fourth-order valence-corrected chi connectivity index (χ4v) is 3.91. The minimum Gasteiger partial charge on any atom is -0.454 e. The summed E-state index contributed by atoms with van der Waals surface area (Å²) in [6.45, 7) is -0.628. The topological polar surface area (TPSA) is 110 Å². The highest BCUT2D eigenvalue weighted by atomic mass is 16.5. The third-order valence-corrected chi connectivity index (χ3v) is 5.80. The van der Waals surface area contributed by atoms with Crippen LogP contribution in [-0.4, -0.2) is 53.6 Å². The molecule has 0 fully saturated rings. The maximum Gasteiger partial charge on any atom is 0.338 e. The Balaban J connectivity index is 1.37. The molecule has 8 heteroatoms. The first-order valence-corrected chi connectivity index (χ1v) is 11.5. The van der Waals surface area contributed by atoms with Gasteiger partial charge in [0, 0.05) is 13.0 Å². The smallest absolute Gasteiger partial charge is 0.338 e. The summed E-state index contributed by atoms with van der Waals surface area (Å²) in [5, 5.41) is 2.67. The quantitative estimate of drug-likeness (QED) is 0.350. The number of fused-ring (bicyclic) bond motifs is 1. The van der Waals surface area contributed by atoms with Crippen LogP contribution < -0.4 is 5.32 Å². The standard InChI is InChI=1S/C28H24N2O6/c31-24(18-36-28(35)20-11-5-2-6-12-20)23(17-19-9-3-1-4-10-19)29-25(32)15-16-30-26(33)21-13-7-8-14-22(21)27(30)34/h1-14,23H,15-18H2,(H,29,32)/t23-/m0/s1. The SMILES string of the molecule is O=C(CCN1C(=O)c2ccccc2C1=O)N[C@@H](Cc1ccccc1)C(=O)COC(=O)c1ccccc1. The van der Waals surface area contributed by atoms with Crippen molar-refractivity contribution in [1.82, 2.24) is 10.2 Å². The minimum atomic E-state index is -0.953. The number of esters is 1. The molecule has 1 heterocycles. The number of rotatable bonds is 10. The van der Waals surface area contributed by atoms with Gasteiger partial charge in [-0.3, -0.25) is 24.1 Å². The van der Waals surface area contributed by atoms with Crippen LogP contribution in [0.3, 0.4) is 0 Å². The van der Waals surface area contributed by atoms with E-state index in [0.29, 0.717) is 16.7 Å². The van der Waals surface area contributed by atoms with Crippen LogP contribution in [0.5, 0.6) is 0 Å². The van der Waals surface area contributed by atoms with Crippen molar-refractivity contribution in [3.05, 3.63) is 107 Å². The maximum atomic E-state index is 12.9. The van der Waals surface area contributed by atoms with Gasteiger partial charge in [-0.15, -0.1) is 0 Å². The number of nitrogens with one attached hydrogen (secondary N) is 1. The van der Waals surface area contributed by atoms with E-state index in [2.05, 4.69) is 5.32 Å². The zero-order valence-electron chi connectivity index (χ0n) is 19.4. The molecule has 4 rings (SSSR count). The summed E-state index contributed by atoms with van der Waals surface area (Å²) < 4.78 is 5.16. The van der Waals surface area contributed by atoms with Crippen LogP contribution in [-0.2, 0) is 20.7 Å². The van der Waals surface area contributed by atoms with E-state index in [4.69, 9.17) is 4.74 Å². The van der Waals surface area contributed by atoms with Crippen LogP contribution in [0, 0.1) is 0 Å². The van der Waals surface area contributed by atoms with Gasteiger partial charge in [0.1, 0.15) is 0 Å². The molecule has 0 radical (unpaired) electrons. The Hall–Kier alpha value is -4.59. The summed E-state index contributed by atoms with van der Waals surface area (Å²) in [6.07, 6.45) is 0.0230. The molecule has 3 amide bonds. The highest BCUT2D eigenvalue weighted by Gasteiger charge is 2.35. The van der Waals surface area contributed by atoms with Crippen molar-refractivity contribution in [3.8, 4) is 0 Å². The van der Waals surface area contributed by atoms with Crippen molar-refractivity contribution in [2.75, 3.05) is 13.2 Å². The summed E-state index contributed by atoms with van der Waals surface area (Å²) in [6, 6.07) is 22.9. The number of ether oxygens (including phenoxy) is 1. The largest absolute Gasteiger partial charge is 0.454 e. The molecule has 8 nitrogen and oxygen atoms in total. The van der Waals surface area contributed by atoms with E-state index >= 15 is 0 Å². The summed E-state index contributed by atoms with van der Waals surface area (Å²) >= 11 is 0. The van der Waals surface area contributed by atoms with Crippen LogP contribution in [0.2, 0.25) is 0 Å². The molecule has 36 heavy (non-hydrogen) atoms. The number of carbonyl (C=O) groups excluding carboxylic acids is 5. The second kappa shape index (κ2) is 11.2. The average molecular weight is 485 g/mol. The van der Waals surface area contributed by atoms with E-state index in [1.54, 1.807) is 54.6 Å². The van der Waals surface area contributed by atoms with Crippen molar-refractivity contribution in [1.29, 1.82) is 0 Å². The van der Waals surface area contributed by atoms with E-state index in [1.807, 2.05) is 30.3 Å². The molecule has 0 saturated carbocycles. The van der Waals surface area contributed by atoms with Gasteiger partial charge in [0.25, 0.3) is 11.8 Å². The maximum absolute atomic E-state index is 12.9. The lowest BCUT2D eigenvalue weighted by atomic mass is 10.0. The molecule has 1 atom stereocenters. The number of nitrogens with zero attached hydrogens (tertiary/aromatic N) is 1. The molecule has 0 saturated heterocycles. The van der Waals surface area contributed by atoms with Crippen LogP contribution in [0.1, 0.15) is 43.1 Å². The minimum absolute atomic E-state index is 0.118. The number of benzene rings is 3. The number of Topliss-reactive ketones (excluding diaryl/α,β-unsaturated/α-hetero) is 1. The molecule has 0 bridgehead atoms. The van der Waals surface area contributed by atoms with E-state index in [9.17, 15) is 24.0 Å². The normalized spacial score (nSPS) is 13.2. The molecule has 1 aliphatic rings. The Morgan fingerprint density at radius 2 is 1.33 bits per heavy atom. The summed E-state index contributed by atoms with van der Waals surface area (Å²) in [4.78, 5) is 64.0. The highest BCUT2D eigenvalue weighted by molar-refractivity contribution is 6.21. The molecule has 0 spiro atoms. The average Bonchev–Trinajstić information content (AvgIpc) is 3.15. The Morgan fingerprint density at radius 3 is 1.94 bits per heavy atom. The van der Waals surface area contributed by atoms with E-state index in [-0.39, 0.29) is 19.4 Å². The fraction of sp³-hybridized carbons (Fsp3) is 0.179. The second-order valence-corrected chi connectivity index (χ2v) is 8.28. The predicted octanol–water partition coefficient (Wildman–Crippen LogP) is 2.83. The highest BCUT2D eigenvalue weighted by Crippen LogP contribution is 2.22. The molecule has 182 valence electrons. The van der Waals surface area contributed by atoms with Crippen molar-refractivity contribution in [3.63, 3.8) is 0 Å². The molecule has 3 aromatic carbocycles. The fourth-order valence-electron chi connectivity index (χ4n) is 3.91. The lowest BCUT2D eigenvalue weighted by Crippen LogP contribution is -2.45. The van der Waals surface area contributed by atoms with E-state index < -0.39 is 42.1 Å². The summed E-state index contributed by atoms with van der Waals surface area (Å²) in [5.74, 6) is -2.52. The zero-order valence-corrected chi connectivity index (χ0v) is 19.4. The van der Waals surface area contributed by atoms with E-state index in [1.165, 1.54) is 0 Å². The molecule has 3 aromatic rings. The number of hydrogen-bond donors (Lipinski definition) is 1. The molecule has 1 N–H and O–H groups in total. The number of carbonyl (C=O) groups is 5. The van der Waals surface area contributed by atoms with E-state index in [0.717, 1.165) is 10.5 Å². The Kier molecular flexibility index (Phi) is 7.65. The number of imide groups is 1. The first-order valence-electron chi connectivity index (χ1n) is 11.5. The Bertz CT molecular complexity index is 1250. The molecule has 0 aliphatic carbocycles. The number of hydrogen-bond acceptors (Lipinski definition) is 6. The van der Waals surface area contributed by atoms with Gasteiger partial charge >= 0.3 is 5.97 Å². The second-order valence-electron chi connectivity index (χ2n) is 8.28. The van der Waals surface area contributed by atoms with Gasteiger partial charge in [0.2, 0.25) is 5.91 Å². The Labute approximate surface area is 207 Å². The van der Waals surface area contributed by atoms with Gasteiger partial charge < -0.3 is 10.1 Å². The summed E-state index contributed by atoms with van der Waals surface area (Å²) in [5.41, 5.74) is 1.74. The van der Waals surface area contributed by atoms with Crippen LogP contribution in [0.4, 0.5) is 0 Å². The first kappa shape index (κ1) is 24.5. The molecular formula is C28H24N2O6. The first-order chi connectivity index (χ1) is 17.4.